The zero-order valence-electron chi connectivity index (χ0n) is 22.2. The van der Waals surface area contributed by atoms with Crippen LogP contribution in [0.25, 0.3) is 0 Å². The maximum Gasteiger partial charge on any atom is 0.391 e. The van der Waals surface area contributed by atoms with Gasteiger partial charge in [0.2, 0.25) is 0 Å². The molecule has 0 aromatic heterocycles. The number of fused-ring (bicyclic) bond motifs is 1. The fourth-order valence-electron chi connectivity index (χ4n) is 7.84. The minimum Gasteiger partial charge on any atom is -0.375 e. The molecule has 3 aliphatic heterocycles. The lowest BCUT2D eigenvalue weighted by Gasteiger charge is -2.46. The highest BCUT2D eigenvalue weighted by atomic mass is 19.4. The Morgan fingerprint density at radius 3 is 2.43 bits per heavy atom. The molecule has 8 atom stereocenters. The van der Waals surface area contributed by atoms with Crippen LogP contribution in [0.1, 0.15) is 77.6 Å². The van der Waals surface area contributed by atoms with Gasteiger partial charge in [0.05, 0.1) is 30.5 Å². The molecule has 8 unspecified atom stereocenters. The molecule has 0 radical (unpaired) electrons. The number of ether oxygens (including phenoxy) is 2. The normalized spacial score (nSPS) is 43.2. The van der Waals surface area contributed by atoms with Crippen molar-refractivity contribution in [3.05, 3.63) is 0 Å². The van der Waals surface area contributed by atoms with Gasteiger partial charge in [0, 0.05) is 38.5 Å². The van der Waals surface area contributed by atoms with Gasteiger partial charge in [-0.1, -0.05) is 6.92 Å². The second-order valence-corrected chi connectivity index (χ2v) is 12.0. The van der Waals surface area contributed by atoms with Crippen molar-refractivity contribution in [2.45, 2.75) is 127 Å². The lowest BCUT2D eigenvalue weighted by molar-refractivity contribution is -0.185. The Balaban J connectivity index is 1.18. The Morgan fingerprint density at radius 1 is 0.946 bits per heavy atom. The van der Waals surface area contributed by atoms with Crippen LogP contribution in [0.15, 0.2) is 0 Å². The van der Waals surface area contributed by atoms with Gasteiger partial charge in [0.1, 0.15) is 0 Å². The van der Waals surface area contributed by atoms with Crippen molar-refractivity contribution < 1.29 is 27.0 Å². The molecule has 0 bridgehead atoms. The average Bonchev–Trinajstić information content (AvgIpc) is 3.25. The van der Waals surface area contributed by atoms with Crippen LogP contribution in [-0.4, -0.2) is 80.3 Å². The molecule has 214 valence electrons. The summed E-state index contributed by atoms with van der Waals surface area (Å²) in [5.41, 5.74) is 0. The number of alkyl halides is 4. The minimum atomic E-state index is -4.09. The van der Waals surface area contributed by atoms with Crippen molar-refractivity contribution in [1.29, 1.82) is 0 Å². The summed E-state index contributed by atoms with van der Waals surface area (Å²) in [4.78, 5) is 2.24. The van der Waals surface area contributed by atoms with Crippen molar-refractivity contribution in [3.8, 4) is 0 Å². The first kappa shape index (κ1) is 28.0. The first-order chi connectivity index (χ1) is 17.8. The molecule has 6 nitrogen and oxygen atoms in total. The lowest BCUT2D eigenvalue weighted by Crippen LogP contribution is -2.70. The number of likely N-dealkylation sites (tertiary alicyclic amines) is 1. The number of hydrogen-bond donors (Lipinski definition) is 3. The Kier molecular flexibility index (Phi) is 9.34. The van der Waals surface area contributed by atoms with Crippen LogP contribution >= 0.6 is 0 Å². The van der Waals surface area contributed by atoms with Gasteiger partial charge in [-0.3, -0.25) is 20.9 Å². The summed E-state index contributed by atoms with van der Waals surface area (Å²) in [5.74, 6) is -0.537. The van der Waals surface area contributed by atoms with Gasteiger partial charge in [-0.05, 0) is 82.5 Å². The molecule has 0 aromatic rings. The van der Waals surface area contributed by atoms with Crippen LogP contribution in [0.2, 0.25) is 0 Å². The van der Waals surface area contributed by atoms with Gasteiger partial charge in [-0.15, -0.1) is 0 Å². The van der Waals surface area contributed by atoms with Crippen LogP contribution in [0, 0.1) is 17.8 Å². The summed E-state index contributed by atoms with van der Waals surface area (Å²) in [7, 11) is 0. The van der Waals surface area contributed by atoms with E-state index < -0.39 is 30.6 Å². The van der Waals surface area contributed by atoms with Crippen molar-refractivity contribution >= 4 is 0 Å². The summed E-state index contributed by atoms with van der Waals surface area (Å²) >= 11 is 0. The highest BCUT2D eigenvalue weighted by Gasteiger charge is 2.47. The van der Waals surface area contributed by atoms with E-state index in [9.17, 15) is 13.2 Å². The van der Waals surface area contributed by atoms with Gasteiger partial charge in [-0.25, -0.2) is 4.39 Å². The summed E-state index contributed by atoms with van der Waals surface area (Å²) in [5, 5.41) is 10.3. The smallest absolute Gasteiger partial charge is 0.375 e. The number of nitrogens with one attached hydrogen (secondary N) is 3. The van der Waals surface area contributed by atoms with Crippen molar-refractivity contribution in [3.63, 3.8) is 0 Å². The Hall–Kier alpha value is -0.520. The molecule has 2 saturated carbocycles. The van der Waals surface area contributed by atoms with Gasteiger partial charge in [0.25, 0.3) is 0 Å². The molecule has 0 amide bonds. The van der Waals surface area contributed by atoms with E-state index >= 15 is 4.39 Å². The van der Waals surface area contributed by atoms with Gasteiger partial charge in [-0.2, -0.15) is 13.2 Å². The van der Waals surface area contributed by atoms with E-state index in [1.807, 2.05) is 0 Å². The number of nitrogens with zero attached hydrogens (tertiary/aromatic N) is 1. The third kappa shape index (κ3) is 6.46. The van der Waals surface area contributed by atoms with Crippen LogP contribution in [0.5, 0.6) is 0 Å². The SMILES string of the molecule is CCC(NC1NCNC(N2CCCC2C2CCC(C(F)(F)F)CC2)C1F)C1CCC2OCCCOC2C1. The molecular formula is C27H46F4N4O2. The number of rotatable bonds is 6. The fourth-order valence-corrected chi connectivity index (χ4v) is 7.84. The zero-order chi connectivity index (χ0) is 26.0. The number of halogens is 4. The molecular weight excluding hydrogens is 488 g/mol. The molecule has 5 aliphatic rings. The Bertz CT molecular complexity index is 723. The largest absolute Gasteiger partial charge is 0.391 e. The maximum atomic E-state index is 16.1. The maximum absolute atomic E-state index is 16.1. The van der Waals surface area contributed by atoms with E-state index in [0.717, 1.165) is 64.7 Å². The van der Waals surface area contributed by atoms with Crippen molar-refractivity contribution in [2.24, 2.45) is 17.8 Å². The fraction of sp³-hybridized carbons (Fsp3) is 1.00. The molecule has 3 saturated heterocycles. The lowest BCUT2D eigenvalue weighted by atomic mass is 9.77. The van der Waals surface area contributed by atoms with Crippen molar-refractivity contribution in [1.82, 2.24) is 20.9 Å². The molecule has 37 heavy (non-hydrogen) atoms. The molecule has 0 aromatic carbocycles. The number of hydrogen-bond acceptors (Lipinski definition) is 6. The molecule has 5 fully saturated rings. The molecule has 2 aliphatic carbocycles. The third-order valence-corrected chi connectivity index (χ3v) is 9.86. The molecule has 5 rings (SSSR count). The minimum absolute atomic E-state index is 0.129. The average molecular weight is 535 g/mol. The van der Waals surface area contributed by atoms with Gasteiger partial charge >= 0.3 is 6.18 Å². The predicted molar refractivity (Wildman–Crippen MR) is 133 cm³/mol. The monoisotopic (exact) mass is 534 g/mol. The van der Waals surface area contributed by atoms with E-state index in [1.54, 1.807) is 0 Å². The molecule has 3 N–H and O–H groups in total. The summed E-state index contributed by atoms with van der Waals surface area (Å²) in [6.45, 7) is 4.99. The van der Waals surface area contributed by atoms with E-state index in [4.69, 9.17) is 9.47 Å². The molecule has 3 heterocycles. The highest BCUT2D eigenvalue weighted by molar-refractivity contribution is 4.98. The Morgan fingerprint density at radius 2 is 1.70 bits per heavy atom. The molecule has 0 spiro atoms. The predicted octanol–water partition coefficient (Wildman–Crippen LogP) is 4.30. The Labute approximate surface area is 218 Å². The first-order valence-electron chi connectivity index (χ1n) is 14.8. The van der Waals surface area contributed by atoms with E-state index in [2.05, 4.69) is 27.8 Å². The van der Waals surface area contributed by atoms with E-state index in [-0.39, 0.29) is 43.1 Å². The standard InChI is InChI=1S/C27H46F4N4O2/c1-2-20(18-8-11-22-23(15-18)37-14-4-13-36-22)34-25-24(28)26(33-16-32-25)35-12-3-5-21(35)17-6-9-19(10-7-17)27(29,30)31/h17-26,32-34H,2-16H2,1H3. The first-order valence-corrected chi connectivity index (χ1v) is 14.8. The van der Waals surface area contributed by atoms with Crippen molar-refractivity contribution in [2.75, 3.05) is 26.4 Å². The van der Waals surface area contributed by atoms with Gasteiger partial charge < -0.3 is 9.47 Å². The quantitative estimate of drug-likeness (QED) is 0.442. The topological polar surface area (TPSA) is 57.8 Å². The summed E-state index contributed by atoms with van der Waals surface area (Å²) in [6, 6.07) is 0.350. The van der Waals surface area contributed by atoms with Crippen LogP contribution in [0.3, 0.4) is 0 Å². The van der Waals surface area contributed by atoms with Crippen LogP contribution < -0.4 is 16.0 Å². The summed E-state index contributed by atoms with van der Waals surface area (Å²) in [6.07, 6.45) is 2.54. The van der Waals surface area contributed by atoms with Crippen LogP contribution in [-0.2, 0) is 9.47 Å². The third-order valence-electron chi connectivity index (χ3n) is 9.86. The second kappa shape index (κ2) is 12.3. The second-order valence-electron chi connectivity index (χ2n) is 12.0. The zero-order valence-corrected chi connectivity index (χ0v) is 22.2. The van der Waals surface area contributed by atoms with E-state index in [0.29, 0.717) is 25.4 Å². The van der Waals surface area contributed by atoms with Gasteiger partial charge in [0.15, 0.2) is 6.17 Å². The van der Waals surface area contributed by atoms with E-state index in [1.165, 1.54) is 0 Å². The van der Waals surface area contributed by atoms with Crippen LogP contribution in [0.4, 0.5) is 17.6 Å². The molecule has 10 heteroatoms. The highest BCUT2D eigenvalue weighted by Crippen LogP contribution is 2.43. The summed E-state index contributed by atoms with van der Waals surface area (Å²) < 4.78 is 67.7.